The number of hydrogen-bond donors (Lipinski definition) is 2. The van der Waals surface area contributed by atoms with E-state index in [0.717, 1.165) is 22.9 Å². The molecular formula is C15H17ClN2OS. The van der Waals surface area contributed by atoms with Crippen LogP contribution in [0.1, 0.15) is 40.2 Å². The van der Waals surface area contributed by atoms with Gasteiger partial charge in [0.25, 0.3) is 0 Å². The Bertz CT molecular complexity index is 580. The zero-order valence-electron chi connectivity index (χ0n) is 11.2. The van der Waals surface area contributed by atoms with E-state index < -0.39 is 0 Å². The number of thiophene rings is 1. The van der Waals surface area contributed by atoms with Gasteiger partial charge in [-0.1, -0.05) is 30.7 Å². The molecule has 1 aromatic carbocycles. The van der Waals surface area contributed by atoms with E-state index in [9.17, 15) is 4.79 Å². The summed E-state index contributed by atoms with van der Waals surface area (Å²) in [6.45, 7) is 2.86. The van der Waals surface area contributed by atoms with Gasteiger partial charge in [0, 0.05) is 27.9 Å². The second-order valence-corrected chi connectivity index (χ2v) is 5.99. The number of nitrogens with two attached hydrogens (primary N) is 1. The number of nitrogens with one attached hydrogen (secondary N) is 1. The number of carbonyl (C=O) groups is 1. The molecule has 5 heteroatoms. The molecule has 0 radical (unpaired) electrons. The smallest absolute Gasteiger partial charge is 0.249 e. The predicted octanol–water partition coefficient (Wildman–Crippen LogP) is 3.74. The van der Waals surface area contributed by atoms with Gasteiger partial charge in [-0.2, -0.15) is 0 Å². The molecule has 0 saturated heterocycles. The molecule has 1 atom stereocenters. The molecule has 0 aliphatic carbocycles. The highest BCUT2D eigenvalue weighted by Gasteiger charge is 2.10. The predicted molar refractivity (Wildman–Crippen MR) is 84.2 cm³/mol. The molecule has 2 rings (SSSR count). The van der Waals surface area contributed by atoms with E-state index >= 15 is 0 Å². The van der Waals surface area contributed by atoms with Crippen molar-refractivity contribution in [2.24, 2.45) is 5.73 Å². The number of benzene rings is 1. The number of halogens is 1. The SMILES string of the molecule is CCC(NCc1cc(C(N)=O)cs1)c1ccc(Cl)cc1. The van der Waals surface area contributed by atoms with E-state index in [-0.39, 0.29) is 11.9 Å². The Labute approximate surface area is 127 Å². The van der Waals surface area contributed by atoms with Crippen LogP contribution in [0.4, 0.5) is 0 Å². The zero-order valence-corrected chi connectivity index (χ0v) is 12.8. The first kappa shape index (κ1) is 15.0. The third-order valence-corrected chi connectivity index (χ3v) is 4.33. The van der Waals surface area contributed by atoms with Gasteiger partial charge in [-0.05, 0) is 30.2 Å². The molecule has 1 amide bonds. The third-order valence-electron chi connectivity index (χ3n) is 3.14. The lowest BCUT2D eigenvalue weighted by Gasteiger charge is -2.17. The van der Waals surface area contributed by atoms with Crippen molar-refractivity contribution in [2.75, 3.05) is 0 Å². The molecule has 0 saturated carbocycles. The van der Waals surface area contributed by atoms with Crippen molar-refractivity contribution >= 4 is 28.8 Å². The van der Waals surface area contributed by atoms with Crippen LogP contribution < -0.4 is 11.1 Å². The van der Waals surface area contributed by atoms with Crippen LogP contribution in [0.2, 0.25) is 5.02 Å². The van der Waals surface area contributed by atoms with Crippen molar-refractivity contribution in [1.29, 1.82) is 0 Å². The number of carbonyl (C=O) groups excluding carboxylic acids is 1. The summed E-state index contributed by atoms with van der Waals surface area (Å²) in [5, 5.41) is 6.03. The minimum atomic E-state index is -0.378. The lowest BCUT2D eigenvalue weighted by Crippen LogP contribution is -2.19. The lowest BCUT2D eigenvalue weighted by molar-refractivity contribution is 0.100. The third kappa shape index (κ3) is 3.82. The van der Waals surface area contributed by atoms with Crippen LogP contribution in [0.3, 0.4) is 0 Å². The molecule has 1 unspecified atom stereocenters. The van der Waals surface area contributed by atoms with E-state index in [4.69, 9.17) is 17.3 Å². The van der Waals surface area contributed by atoms with Gasteiger partial charge in [-0.15, -0.1) is 11.3 Å². The second kappa shape index (κ2) is 6.88. The molecule has 3 nitrogen and oxygen atoms in total. The van der Waals surface area contributed by atoms with Crippen LogP contribution in [0.25, 0.3) is 0 Å². The van der Waals surface area contributed by atoms with Crippen LogP contribution in [-0.2, 0) is 6.54 Å². The van der Waals surface area contributed by atoms with Gasteiger partial charge in [0.05, 0.1) is 5.56 Å². The molecule has 0 aliphatic heterocycles. The van der Waals surface area contributed by atoms with Crippen molar-refractivity contribution in [2.45, 2.75) is 25.9 Å². The molecule has 1 aromatic heterocycles. The zero-order chi connectivity index (χ0) is 14.5. The largest absolute Gasteiger partial charge is 0.366 e. The van der Waals surface area contributed by atoms with Gasteiger partial charge in [0.1, 0.15) is 0 Å². The summed E-state index contributed by atoms with van der Waals surface area (Å²) in [6, 6.07) is 9.98. The Morgan fingerprint density at radius 1 is 1.40 bits per heavy atom. The minimum Gasteiger partial charge on any atom is -0.366 e. The normalized spacial score (nSPS) is 12.3. The second-order valence-electron chi connectivity index (χ2n) is 4.56. The maximum Gasteiger partial charge on any atom is 0.249 e. The quantitative estimate of drug-likeness (QED) is 0.854. The van der Waals surface area contributed by atoms with Crippen LogP contribution >= 0.6 is 22.9 Å². The van der Waals surface area contributed by atoms with Crippen molar-refractivity contribution in [3.05, 3.63) is 56.7 Å². The Hall–Kier alpha value is -1.36. The van der Waals surface area contributed by atoms with Crippen molar-refractivity contribution in [3.63, 3.8) is 0 Å². The maximum absolute atomic E-state index is 11.1. The fraction of sp³-hybridized carbons (Fsp3) is 0.267. The van der Waals surface area contributed by atoms with Gasteiger partial charge in [0.2, 0.25) is 5.91 Å². The summed E-state index contributed by atoms with van der Waals surface area (Å²) >= 11 is 7.45. The summed E-state index contributed by atoms with van der Waals surface area (Å²) in [6.07, 6.45) is 0.982. The first-order valence-corrected chi connectivity index (χ1v) is 7.72. The van der Waals surface area contributed by atoms with Crippen LogP contribution in [0.5, 0.6) is 0 Å². The van der Waals surface area contributed by atoms with Crippen molar-refractivity contribution in [3.8, 4) is 0 Å². The van der Waals surface area contributed by atoms with E-state index in [0.29, 0.717) is 5.56 Å². The Balaban J connectivity index is 1.99. The van der Waals surface area contributed by atoms with Crippen LogP contribution in [0, 0.1) is 0 Å². The molecule has 106 valence electrons. The molecule has 0 spiro atoms. The van der Waals surface area contributed by atoms with E-state index in [1.807, 2.05) is 30.3 Å². The average Bonchev–Trinajstić information content (AvgIpc) is 2.90. The lowest BCUT2D eigenvalue weighted by atomic mass is 10.0. The van der Waals surface area contributed by atoms with Gasteiger partial charge >= 0.3 is 0 Å². The van der Waals surface area contributed by atoms with Gasteiger partial charge < -0.3 is 11.1 Å². The summed E-state index contributed by atoms with van der Waals surface area (Å²) in [5.41, 5.74) is 7.04. The van der Waals surface area contributed by atoms with Crippen LogP contribution in [0.15, 0.2) is 35.7 Å². The number of hydrogen-bond acceptors (Lipinski definition) is 3. The molecule has 0 aliphatic rings. The van der Waals surface area contributed by atoms with E-state index in [2.05, 4.69) is 12.2 Å². The standard InChI is InChI=1S/C15H17ClN2OS/c1-2-14(10-3-5-12(16)6-4-10)18-8-13-7-11(9-20-13)15(17)19/h3-7,9,14,18H,2,8H2,1H3,(H2,17,19). The molecular weight excluding hydrogens is 292 g/mol. The fourth-order valence-corrected chi connectivity index (χ4v) is 2.97. The number of amides is 1. The highest BCUT2D eigenvalue weighted by atomic mass is 35.5. The molecule has 20 heavy (non-hydrogen) atoms. The monoisotopic (exact) mass is 308 g/mol. The fourth-order valence-electron chi connectivity index (χ4n) is 2.02. The van der Waals surface area contributed by atoms with Crippen molar-refractivity contribution < 1.29 is 4.79 Å². The van der Waals surface area contributed by atoms with Crippen LogP contribution in [-0.4, -0.2) is 5.91 Å². The van der Waals surface area contributed by atoms with Gasteiger partial charge in [-0.25, -0.2) is 0 Å². The summed E-state index contributed by atoms with van der Waals surface area (Å²) in [4.78, 5) is 12.2. The molecule has 0 bridgehead atoms. The minimum absolute atomic E-state index is 0.270. The number of rotatable bonds is 6. The Morgan fingerprint density at radius 2 is 2.10 bits per heavy atom. The summed E-state index contributed by atoms with van der Waals surface area (Å²) in [7, 11) is 0. The topological polar surface area (TPSA) is 55.1 Å². The Kier molecular flexibility index (Phi) is 5.17. The summed E-state index contributed by atoms with van der Waals surface area (Å²) in [5.74, 6) is -0.378. The maximum atomic E-state index is 11.1. The van der Waals surface area contributed by atoms with Gasteiger partial charge in [-0.3, -0.25) is 4.79 Å². The Morgan fingerprint density at radius 3 is 2.65 bits per heavy atom. The average molecular weight is 309 g/mol. The van der Waals surface area contributed by atoms with E-state index in [1.54, 1.807) is 16.7 Å². The van der Waals surface area contributed by atoms with Crippen molar-refractivity contribution in [1.82, 2.24) is 5.32 Å². The molecule has 1 heterocycles. The van der Waals surface area contributed by atoms with E-state index in [1.165, 1.54) is 5.56 Å². The van der Waals surface area contributed by atoms with Gasteiger partial charge in [0.15, 0.2) is 0 Å². The first-order chi connectivity index (χ1) is 9.60. The molecule has 3 N–H and O–H groups in total. The first-order valence-electron chi connectivity index (χ1n) is 6.46. The molecule has 2 aromatic rings. The summed E-state index contributed by atoms with van der Waals surface area (Å²) < 4.78 is 0. The molecule has 0 fully saturated rings. The number of primary amides is 1. The highest BCUT2D eigenvalue weighted by molar-refractivity contribution is 7.10. The highest BCUT2D eigenvalue weighted by Crippen LogP contribution is 2.21.